The highest BCUT2D eigenvalue weighted by molar-refractivity contribution is 5.95. The molecule has 0 aromatic heterocycles. The van der Waals surface area contributed by atoms with Gasteiger partial charge in [-0.1, -0.05) is 6.92 Å². The second-order valence-corrected chi connectivity index (χ2v) is 3.50. The zero-order valence-corrected chi connectivity index (χ0v) is 8.51. The Morgan fingerprint density at radius 2 is 2.15 bits per heavy atom. The lowest BCUT2D eigenvalue weighted by Crippen LogP contribution is -2.13. The molecule has 0 aromatic carbocycles. The second kappa shape index (κ2) is 5.18. The van der Waals surface area contributed by atoms with Crippen molar-refractivity contribution in [2.24, 2.45) is 0 Å². The second-order valence-electron chi connectivity index (χ2n) is 3.50. The van der Waals surface area contributed by atoms with Crippen LogP contribution in [-0.4, -0.2) is 19.0 Å². The number of hydrogen-bond acceptors (Lipinski definition) is 2. The van der Waals surface area contributed by atoms with Gasteiger partial charge in [0, 0.05) is 13.5 Å². The highest BCUT2D eigenvalue weighted by atomic mass is 16.5. The molecule has 2 nitrogen and oxygen atoms in total. The van der Waals surface area contributed by atoms with Crippen LogP contribution >= 0.6 is 0 Å². The third-order valence-electron chi connectivity index (χ3n) is 2.55. The van der Waals surface area contributed by atoms with Gasteiger partial charge in [0.2, 0.25) is 0 Å². The Morgan fingerprint density at radius 1 is 1.46 bits per heavy atom. The van der Waals surface area contributed by atoms with Crippen molar-refractivity contribution in [3.63, 3.8) is 0 Å². The van der Waals surface area contributed by atoms with Crippen LogP contribution in [0.5, 0.6) is 0 Å². The summed E-state index contributed by atoms with van der Waals surface area (Å²) < 4.78 is 5.22. The average Bonchev–Trinajstić information content (AvgIpc) is 2.17. The van der Waals surface area contributed by atoms with Crippen LogP contribution in [0.15, 0.2) is 11.6 Å². The van der Waals surface area contributed by atoms with Crippen molar-refractivity contribution in [3.8, 4) is 0 Å². The van der Waals surface area contributed by atoms with Crippen molar-refractivity contribution in [3.05, 3.63) is 11.6 Å². The highest BCUT2D eigenvalue weighted by Gasteiger charge is 2.15. The van der Waals surface area contributed by atoms with Crippen molar-refractivity contribution >= 4 is 5.78 Å². The first-order chi connectivity index (χ1) is 6.27. The van der Waals surface area contributed by atoms with E-state index in [0.29, 0.717) is 5.78 Å². The molecular formula is C11H18O2. The zero-order chi connectivity index (χ0) is 9.68. The first kappa shape index (κ1) is 10.5. The lowest BCUT2D eigenvalue weighted by atomic mass is 9.92. The summed E-state index contributed by atoms with van der Waals surface area (Å²) in [6.07, 6.45) is 6.94. The Labute approximate surface area is 80.0 Å². The fourth-order valence-corrected chi connectivity index (χ4v) is 1.65. The molecule has 2 heteroatoms. The molecule has 0 N–H and O–H groups in total. The van der Waals surface area contributed by atoms with E-state index in [1.807, 2.05) is 6.08 Å². The molecule has 74 valence electrons. The molecule has 0 radical (unpaired) electrons. The molecule has 0 bridgehead atoms. The van der Waals surface area contributed by atoms with Gasteiger partial charge in [0.25, 0.3) is 0 Å². The predicted molar refractivity (Wildman–Crippen MR) is 52.6 cm³/mol. The Kier molecular flexibility index (Phi) is 4.16. The molecule has 1 saturated carbocycles. The summed E-state index contributed by atoms with van der Waals surface area (Å²) in [6, 6.07) is 0. The topological polar surface area (TPSA) is 26.3 Å². The van der Waals surface area contributed by atoms with Crippen molar-refractivity contribution < 1.29 is 9.53 Å². The Balaban J connectivity index is 2.61. The van der Waals surface area contributed by atoms with E-state index in [1.54, 1.807) is 7.11 Å². The van der Waals surface area contributed by atoms with Crippen LogP contribution in [0.4, 0.5) is 0 Å². The maximum atomic E-state index is 11.4. The van der Waals surface area contributed by atoms with Gasteiger partial charge in [-0.15, -0.1) is 0 Å². The number of ether oxygens (including phenoxy) is 1. The predicted octanol–water partition coefficient (Wildman–Crippen LogP) is 2.48. The van der Waals surface area contributed by atoms with Gasteiger partial charge in [-0.2, -0.15) is 0 Å². The van der Waals surface area contributed by atoms with Gasteiger partial charge in [-0.25, -0.2) is 0 Å². The molecule has 1 aliphatic rings. The summed E-state index contributed by atoms with van der Waals surface area (Å²) in [5, 5.41) is 0. The van der Waals surface area contributed by atoms with Crippen molar-refractivity contribution in [1.29, 1.82) is 0 Å². The van der Waals surface area contributed by atoms with Crippen molar-refractivity contribution in [2.45, 2.75) is 45.1 Å². The van der Waals surface area contributed by atoms with E-state index < -0.39 is 0 Å². The molecule has 0 heterocycles. The quantitative estimate of drug-likeness (QED) is 0.627. The van der Waals surface area contributed by atoms with Gasteiger partial charge in [0.1, 0.15) is 0 Å². The molecule has 1 atom stereocenters. The fraction of sp³-hybridized carbons (Fsp3) is 0.727. The molecular weight excluding hydrogens is 164 g/mol. The van der Waals surface area contributed by atoms with E-state index in [2.05, 4.69) is 6.92 Å². The maximum absolute atomic E-state index is 11.4. The minimum atomic E-state index is 0.122. The molecule has 0 spiro atoms. The van der Waals surface area contributed by atoms with Gasteiger partial charge in [0.15, 0.2) is 5.78 Å². The van der Waals surface area contributed by atoms with E-state index in [0.717, 1.165) is 37.7 Å². The molecule has 0 aliphatic heterocycles. The van der Waals surface area contributed by atoms with Crippen LogP contribution in [0.2, 0.25) is 0 Å². The maximum Gasteiger partial charge on any atom is 0.158 e. The van der Waals surface area contributed by atoms with Crippen molar-refractivity contribution in [2.75, 3.05) is 7.11 Å². The van der Waals surface area contributed by atoms with Crippen LogP contribution in [0, 0.1) is 0 Å². The number of allylic oxidation sites excluding steroid dienone is 1. The Hall–Kier alpha value is -0.630. The first-order valence-electron chi connectivity index (χ1n) is 5.04. The molecule has 1 unspecified atom stereocenters. The summed E-state index contributed by atoms with van der Waals surface area (Å²) in [5.41, 5.74) is 0.986. The zero-order valence-electron chi connectivity index (χ0n) is 8.51. The first-order valence-corrected chi connectivity index (χ1v) is 5.04. The number of carbonyl (C=O) groups is 1. The molecule has 13 heavy (non-hydrogen) atoms. The fourth-order valence-electron chi connectivity index (χ4n) is 1.65. The number of Topliss-reactive ketones (excluding diaryl/α,β-unsaturated/α-hetero) is 1. The standard InChI is InChI=1S/C11H18O2/c1-3-10(13-2)8-9-6-4-5-7-11(9)12/h8,10H,3-7H2,1-2H3/b9-8+. The van der Waals surface area contributed by atoms with E-state index in [-0.39, 0.29) is 6.10 Å². The summed E-state index contributed by atoms with van der Waals surface area (Å²) in [5.74, 6) is 0.321. The Morgan fingerprint density at radius 3 is 2.69 bits per heavy atom. The van der Waals surface area contributed by atoms with E-state index >= 15 is 0 Å². The third-order valence-corrected chi connectivity index (χ3v) is 2.55. The lowest BCUT2D eigenvalue weighted by molar-refractivity contribution is -0.116. The van der Waals surface area contributed by atoms with Crippen LogP contribution in [-0.2, 0) is 9.53 Å². The normalized spacial score (nSPS) is 23.5. The highest BCUT2D eigenvalue weighted by Crippen LogP contribution is 2.20. The summed E-state index contributed by atoms with van der Waals surface area (Å²) in [7, 11) is 1.69. The number of methoxy groups -OCH3 is 1. The van der Waals surface area contributed by atoms with Crippen LogP contribution < -0.4 is 0 Å². The summed E-state index contributed by atoms with van der Waals surface area (Å²) >= 11 is 0. The van der Waals surface area contributed by atoms with Crippen LogP contribution in [0.25, 0.3) is 0 Å². The molecule has 1 aliphatic carbocycles. The van der Waals surface area contributed by atoms with Gasteiger partial charge < -0.3 is 4.74 Å². The molecule has 1 rings (SSSR count). The smallest absolute Gasteiger partial charge is 0.158 e. The van der Waals surface area contributed by atoms with Gasteiger partial charge in [-0.05, 0) is 37.3 Å². The summed E-state index contributed by atoms with van der Waals surface area (Å²) in [4.78, 5) is 11.4. The number of hydrogen-bond donors (Lipinski definition) is 0. The summed E-state index contributed by atoms with van der Waals surface area (Å²) in [6.45, 7) is 2.07. The molecule has 0 aromatic rings. The Bertz CT molecular complexity index is 202. The number of rotatable bonds is 3. The van der Waals surface area contributed by atoms with Gasteiger partial charge >= 0.3 is 0 Å². The monoisotopic (exact) mass is 182 g/mol. The molecule has 1 fully saturated rings. The van der Waals surface area contributed by atoms with Gasteiger partial charge in [-0.3, -0.25) is 4.79 Å². The number of carbonyl (C=O) groups excluding carboxylic acids is 1. The molecule has 0 saturated heterocycles. The van der Waals surface area contributed by atoms with Gasteiger partial charge in [0.05, 0.1) is 6.10 Å². The average molecular weight is 182 g/mol. The SMILES string of the molecule is CCC(/C=C1\CCCCC1=O)OC. The number of ketones is 1. The van der Waals surface area contributed by atoms with E-state index in [4.69, 9.17) is 4.74 Å². The minimum Gasteiger partial charge on any atom is -0.377 e. The van der Waals surface area contributed by atoms with Crippen molar-refractivity contribution in [1.82, 2.24) is 0 Å². The van der Waals surface area contributed by atoms with Crippen LogP contribution in [0.1, 0.15) is 39.0 Å². The molecule has 0 amide bonds. The minimum absolute atomic E-state index is 0.122. The van der Waals surface area contributed by atoms with E-state index in [1.165, 1.54) is 0 Å². The van der Waals surface area contributed by atoms with E-state index in [9.17, 15) is 4.79 Å². The van der Waals surface area contributed by atoms with Crippen LogP contribution in [0.3, 0.4) is 0 Å². The largest absolute Gasteiger partial charge is 0.377 e. The lowest BCUT2D eigenvalue weighted by Gasteiger charge is -2.15. The third kappa shape index (κ3) is 2.96.